The van der Waals surface area contributed by atoms with Gasteiger partial charge in [0.1, 0.15) is 0 Å². The van der Waals surface area contributed by atoms with Crippen LogP contribution in [0.2, 0.25) is 5.82 Å². The molecular formula is C17H31BN4O. The second-order valence-corrected chi connectivity index (χ2v) is 6.89. The highest BCUT2D eigenvalue weighted by atomic mass is 16.1. The summed E-state index contributed by atoms with van der Waals surface area (Å²) in [6, 6.07) is -0.513. The Morgan fingerprint density at radius 2 is 1.83 bits per heavy atom. The van der Waals surface area contributed by atoms with Crippen LogP contribution in [0.5, 0.6) is 0 Å². The van der Waals surface area contributed by atoms with E-state index in [4.69, 9.17) is 5.73 Å². The zero-order valence-electron chi connectivity index (χ0n) is 14.2. The van der Waals surface area contributed by atoms with Gasteiger partial charge < -0.3 is 15.9 Å². The van der Waals surface area contributed by atoms with Gasteiger partial charge in [0.25, 0.3) is 0 Å². The largest absolute Gasteiger partial charge is 0.401 e. The number of carbonyl (C=O) groups excluding carboxylic acids is 1. The van der Waals surface area contributed by atoms with Crippen LogP contribution in [0.4, 0.5) is 0 Å². The number of nitrogens with two attached hydrogens (primary N) is 1. The molecule has 1 aliphatic carbocycles. The molecule has 1 fully saturated rings. The van der Waals surface area contributed by atoms with Crippen molar-refractivity contribution in [3.05, 3.63) is 18.2 Å². The summed E-state index contributed by atoms with van der Waals surface area (Å²) in [7, 11) is 0.771. The molecule has 1 heterocycles. The van der Waals surface area contributed by atoms with Crippen molar-refractivity contribution >= 4 is 13.3 Å². The van der Waals surface area contributed by atoms with E-state index >= 15 is 0 Å². The van der Waals surface area contributed by atoms with Crippen molar-refractivity contribution in [3.63, 3.8) is 0 Å². The van der Waals surface area contributed by atoms with Crippen LogP contribution in [0.3, 0.4) is 0 Å². The fraction of sp³-hybridized carbons (Fsp3) is 0.765. The number of hydrogen-bond acceptors (Lipinski definition) is 3. The van der Waals surface area contributed by atoms with Gasteiger partial charge in [-0.05, 0) is 5.82 Å². The minimum atomic E-state index is -0.513. The van der Waals surface area contributed by atoms with Gasteiger partial charge in [0, 0.05) is 12.6 Å². The molecule has 5 nitrogen and oxygen atoms in total. The Labute approximate surface area is 140 Å². The van der Waals surface area contributed by atoms with E-state index in [0.29, 0.717) is 12.2 Å². The molecule has 23 heavy (non-hydrogen) atoms. The molecule has 1 atom stereocenters. The van der Waals surface area contributed by atoms with Gasteiger partial charge in [0.2, 0.25) is 13.3 Å². The Balaban J connectivity index is 1.71. The Morgan fingerprint density at radius 1 is 1.22 bits per heavy atom. The van der Waals surface area contributed by atoms with Crippen molar-refractivity contribution in [1.29, 1.82) is 0 Å². The maximum atomic E-state index is 12.2. The minimum Gasteiger partial charge on any atom is -0.401 e. The van der Waals surface area contributed by atoms with Gasteiger partial charge in [0.05, 0.1) is 18.1 Å². The third kappa shape index (κ3) is 7.21. The van der Waals surface area contributed by atoms with E-state index in [1.807, 2.05) is 0 Å². The van der Waals surface area contributed by atoms with Crippen LogP contribution < -0.4 is 11.0 Å². The third-order valence-corrected chi connectivity index (χ3v) is 4.86. The Kier molecular flexibility index (Phi) is 8.22. The molecule has 0 bridgehead atoms. The summed E-state index contributed by atoms with van der Waals surface area (Å²) in [6.07, 6.45) is 17.1. The topological polar surface area (TPSA) is 83.8 Å². The Bertz CT molecular complexity index is 426. The van der Waals surface area contributed by atoms with Crippen molar-refractivity contribution < 1.29 is 4.79 Å². The fourth-order valence-corrected chi connectivity index (χ4v) is 3.37. The van der Waals surface area contributed by atoms with E-state index in [0.717, 1.165) is 13.1 Å². The first kappa shape index (κ1) is 18.0. The number of amides is 1. The number of aromatic nitrogens is 2. The molecule has 0 spiro atoms. The van der Waals surface area contributed by atoms with E-state index < -0.39 is 6.04 Å². The smallest absolute Gasteiger partial charge is 0.239 e. The predicted octanol–water partition coefficient (Wildman–Crippen LogP) is 2.45. The predicted molar refractivity (Wildman–Crippen MR) is 95.5 cm³/mol. The molecule has 0 radical (unpaired) electrons. The molecule has 128 valence electrons. The molecule has 2 rings (SSSR count). The van der Waals surface area contributed by atoms with Crippen molar-refractivity contribution in [2.45, 2.75) is 82.5 Å². The Hall–Kier alpha value is -1.30. The molecule has 1 aromatic rings. The summed E-state index contributed by atoms with van der Waals surface area (Å²) in [4.78, 5) is 19.2. The summed E-state index contributed by atoms with van der Waals surface area (Å²) >= 11 is 0. The molecule has 0 aliphatic heterocycles. The molecule has 0 unspecified atom stereocenters. The molecule has 1 aromatic heterocycles. The monoisotopic (exact) mass is 318 g/mol. The van der Waals surface area contributed by atoms with E-state index in [-0.39, 0.29) is 5.91 Å². The maximum Gasteiger partial charge on any atom is 0.239 e. The Morgan fingerprint density at radius 3 is 2.39 bits per heavy atom. The lowest BCUT2D eigenvalue weighted by Crippen LogP contribution is -2.44. The van der Waals surface area contributed by atoms with E-state index in [9.17, 15) is 4.79 Å². The number of carbonyl (C=O) groups is 1. The standard InChI is InChI=1S/C17H31BN4O/c19-16(11-15-12-20-13-21-15)17(23)22-18-14-9-7-5-3-1-2-4-6-8-10-14/h12-14,16,18H,1-11,19H2,(H,20,21)(H,22,23)/t16-/m0/s1. The molecule has 0 saturated heterocycles. The summed E-state index contributed by atoms with van der Waals surface area (Å²) in [5.74, 6) is 0.553. The highest BCUT2D eigenvalue weighted by molar-refractivity contribution is 6.39. The van der Waals surface area contributed by atoms with E-state index in [1.54, 1.807) is 12.5 Å². The SMILES string of the molecule is N[C@@H](Cc1c[nH]cn1)C(=O)NBC1CCCCCCCCCC1. The first-order valence-corrected chi connectivity index (χ1v) is 9.26. The number of imidazole rings is 1. The lowest BCUT2D eigenvalue weighted by molar-refractivity contribution is -0.120. The van der Waals surface area contributed by atoms with Gasteiger partial charge in [0.15, 0.2) is 0 Å². The van der Waals surface area contributed by atoms with Crippen molar-refractivity contribution in [2.24, 2.45) is 5.73 Å². The highest BCUT2D eigenvalue weighted by Gasteiger charge is 2.18. The molecule has 0 aromatic carbocycles. The molecular weight excluding hydrogens is 287 g/mol. The van der Waals surface area contributed by atoms with Crippen LogP contribution in [0.15, 0.2) is 12.5 Å². The number of H-pyrrole nitrogens is 1. The third-order valence-electron chi connectivity index (χ3n) is 4.86. The number of hydrogen-bond donors (Lipinski definition) is 3. The highest BCUT2D eigenvalue weighted by Crippen LogP contribution is 2.24. The zero-order chi connectivity index (χ0) is 16.3. The number of aromatic amines is 1. The van der Waals surface area contributed by atoms with Crippen LogP contribution in [-0.4, -0.2) is 29.3 Å². The maximum absolute atomic E-state index is 12.2. The van der Waals surface area contributed by atoms with Gasteiger partial charge in [-0.15, -0.1) is 0 Å². The normalized spacial score (nSPS) is 19.5. The van der Waals surface area contributed by atoms with Crippen LogP contribution in [0.25, 0.3) is 0 Å². The molecule has 1 amide bonds. The average molecular weight is 318 g/mol. The molecule has 6 heteroatoms. The molecule has 4 N–H and O–H groups in total. The summed E-state index contributed by atoms with van der Waals surface area (Å²) in [6.45, 7) is 0. The lowest BCUT2D eigenvalue weighted by atomic mass is 9.69. The van der Waals surface area contributed by atoms with Crippen molar-refractivity contribution in [2.75, 3.05) is 0 Å². The quantitative estimate of drug-likeness (QED) is 0.729. The van der Waals surface area contributed by atoms with Crippen LogP contribution in [0.1, 0.15) is 69.9 Å². The molecule has 1 aliphatic rings. The average Bonchev–Trinajstić information content (AvgIpc) is 3.03. The molecule has 1 saturated carbocycles. The zero-order valence-corrected chi connectivity index (χ0v) is 14.2. The van der Waals surface area contributed by atoms with Gasteiger partial charge in [-0.3, -0.25) is 4.79 Å². The minimum absolute atomic E-state index is 0.0534. The number of nitrogens with one attached hydrogen (secondary N) is 2. The first-order chi connectivity index (χ1) is 11.3. The van der Waals surface area contributed by atoms with Gasteiger partial charge in [-0.1, -0.05) is 64.2 Å². The lowest BCUT2D eigenvalue weighted by Gasteiger charge is -2.17. The van der Waals surface area contributed by atoms with Gasteiger partial charge in [-0.2, -0.15) is 0 Å². The van der Waals surface area contributed by atoms with Crippen LogP contribution in [-0.2, 0) is 11.2 Å². The second kappa shape index (κ2) is 10.5. The van der Waals surface area contributed by atoms with Crippen LogP contribution in [0, 0.1) is 0 Å². The summed E-state index contributed by atoms with van der Waals surface area (Å²) < 4.78 is 0. The van der Waals surface area contributed by atoms with Gasteiger partial charge >= 0.3 is 0 Å². The summed E-state index contributed by atoms with van der Waals surface area (Å²) in [5, 5.41) is 3.06. The van der Waals surface area contributed by atoms with Crippen molar-refractivity contribution in [1.82, 2.24) is 15.2 Å². The van der Waals surface area contributed by atoms with E-state index in [2.05, 4.69) is 15.2 Å². The van der Waals surface area contributed by atoms with E-state index in [1.165, 1.54) is 64.2 Å². The fourth-order valence-electron chi connectivity index (χ4n) is 3.37. The van der Waals surface area contributed by atoms with Crippen molar-refractivity contribution in [3.8, 4) is 0 Å². The van der Waals surface area contributed by atoms with Crippen LogP contribution >= 0.6 is 0 Å². The first-order valence-electron chi connectivity index (χ1n) is 9.26. The second-order valence-electron chi connectivity index (χ2n) is 6.89. The number of nitrogens with zero attached hydrogens (tertiary/aromatic N) is 1. The van der Waals surface area contributed by atoms with Gasteiger partial charge in [-0.25, -0.2) is 4.98 Å². The number of rotatable bonds is 5. The summed E-state index contributed by atoms with van der Waals surface area (Å²) in [5.41, 5.74) is 6.82.